The highest BCUT2D eigenvalue weighted by Gasteiger charge is 2.28. The molecule has 7 nitrogen and oxygen atoms in total. The van der Waals surface area contributed by atoms with Crippen LogP contribution in [0.2, 0.25) is 0 Å². The Bertz CT molecular complexity index is 1040. The second kappa shape index (κ2) is 7.97. The van der Waals surface area contributed by atoms with E-state index >= 15 is 0 Å². The van der Waals surface area contributed by atoms with E-state index in [9.17, 15) is 22.8 Å². The van der Waals surface area contributed by atoms with E-state index in [4.69, 9.17) is 5.11 Å². The molecule has 1 aromatic carbocycles. The normalized spacial score (nSPS) is 11.7. The Morgan fingerprint density at radius 2 is 1.96 bits per heavy atom. The monoisotopic (exact) mass is 413 g/mol. The molecule has 2 N–H and O–H groups in total. The van der Waals surface area contributed by atoms with Crippen molar-refractivity contribution in [3.05, 3.63) is 46.9 Å². The second-order valence-electron chi connectivity index (χ2n) is 5.66. The largest absolute Gasteiger partial charge is 0.484 e. The number of H-pyrrole nitrogens is 1. The van der Waals surface area contributed by atoms with Gasteiger partial charge in [-0.2, -0.15) is 13.2 Å². The van der Waals surface area contributed by atoms with Crippen LogP contribution in [0.1, 0.15) is 6.42 Å². The lowest BCUT2D eigenvalue weighted by Gasteiger charge is -2.13. The van der Waals surface area contributed by atoms with Gasteiger partial charge in [0.25, 0.3) is 5.56 Å². The number of fused-ring (bicyclic) bond motifs is 1. The second-order valence-corrected chi connectivity index (χ2v) is 6.72. The standard InChI is InChI=1S/C17H14F3N3O4S/c18-17(19,20)9-27-11-3-1-10(2-4-11)23-15(26)14-12(5-7-21-14)22-16(23)28-8-6-13(24)25/h1-5,7,21H,6,8-9H2,(H,24,25). The van der Waals surface area contributed by atoms with Crippen LogP contribution >= 0.6 is 11.8 Å². The third-order valence-corrected chi connectivity index (χ3v) is 4.53. The fraction of sp³-hybridized carbons (Fsp3) is 0.235. The number of carboxylic acids is 1. The van der Waals surface area contributed by atoms with Crippen molar-refractivity contribution in [2.24, 2.45) is 0 Å². The molecular formula is C17H14F3N3O4S. The van der Waals surface area contributed by atoms with Crippen LogP contribution in [0.25, 0.3) is 16.7 Å². The number of aromatic nitrogens is 3. The number of hydrogen-bond acceptors (Lipinski definition) is 5. The van der Waals surface area contributed by atoms with Crippen LogP contribution in [0.3, 0.4) is 0 Å². The van der Waals surface area contributed by atoms with Crippen LogP contribution in [0.4, 0.5) is 13.2 Å². The quantitative estimate of drug-likeness (QED) is 0.456. The maximum absolute atomic E-state index is 12.8. The molecule has 0 fully saturated rings. The van der Waals surface area contributed by atoms with Crippen LogP contribution < -0.4 is 10.3 Å². The molecular weight excluding hydrogens is 399 g/mol. The predicted octanol–water partition coefficient (Wildman–Crippen LogP) is 3.22. The molecule has 3 rings (SSSR count). The summed E-state index contributed by atoms with van der Waals surface area (Å²) in [7, 11) is 0. The van der Waals surface area contributed by atoms with E-state index in [0.29, 0.717) is 11.2 Å². The van der Waals surface area contributed by atoms with Gasteiger partial charge in [0.05, 0.1) is 17.6 Å². The maximum atomic E-state index is 12.8. The fourth-order valence-corrected chi connectivity index (χ4v) is 3.33. The summed E-state index contributed by atoms with van der Waals surface area (Å²) < 4.78 is 42.7. The van der Waals surface area contributed by atoms with Crippen molar-refractivity contribution < 1.29 is 27.8 Å². The summed E-state index contributed by atoms with van der Waals surface area (Å²) in [4.78, 5) is 30.8. The van der Waals surface area contributed by atoms with E-state index in [1.165, 1.54) is 28.8 Å². The molecule has 0 amide bonds. The summed E-state index contributed by atoms with van der Waals surface area (Å²) in [6.07, 6.45) is -3.01. The van der Waals surface area contributed by atoms with E-state index in [2.05, 4.69) is 14.7 Å². The van der Waals surface area contributed by atoms with Gasteiger partial charge in [0.2, 0.25) is 0 Å². The lowest BCUT2D eigenvalue weighted by molar-refractivity contribution is -0.153. The Kier molecular flexibility index (Phi) is 5.63. The average Bonchev–Trinajstić information content (AvgIpc) is 3.09. The van der Waals surface area contributed by atoms with Crippen molar-refractivity contribution in [1.82, 2.24) is 14.5 Å². The number of benzene rings is 1. The number of aromatic amines is 1. The van der Waals surface area contributed by atoms with Crippen LogP contribution in [0, 0.1) is 0 Å². The van der Waals surface area contributed by atoms with E-state index in [1.54, 1.807) is 12.3 Å². The molecule has 0 aliphatic heterocycles. The molecule has 0 radical (unpaired) electrons. The number of halogens is 3. The number of alkyl halides is 3. The summed E-state index contributed by atoms with van der Waals surface area (Å²) in [5.41, 5.74) is 0.659. The van der Waals surface area contributed by atoms with Gasteiger partial charge in [0.15, 0.2) is 11.8 Å². The first-order valence-corrected chi connectivity index (χ1v) is 8.98. The first-order valence-electron chi connectivity index (χ1n) is 7.99. The molecule has 0 unspecified atom stereocenters. The van der Waals surface area contributed by atoms with Gasteiger partial charge in [0.1, 0.15) is 11.3 Å². The minimum absolute atomic E-state index is 0.00288. The summed E-state index contributed by atoms with van der Waals surface area (Å²) in [6, 6.07) is 7.13. The molecule has 0 saturated heterocycles. The smallest absolute Gasteiger partial charge is 0.422 e. The van der Waals surface area contributed by atoms with Gasteiger partial charge in [-0.05, 0) is 30.3 Å². The number of ether oxygens (including phenoxy) is 1. The topological polar surface area (TPSA) is 97.2 Å². The number of rotatable bonds is 7. The number of hydrogen-bond donors (Lipinski definition) is 2. The number of carbonyl (C=O) groups is 1. The van der Waals surface area contributed by atoms with Crippen LogP contribution in [0.5, 0.6) is 5.75 Å². The van der Waals surface area contributed by atoms with E-state index in [-0.39, 0.29) is 28.6 Å². The summed E-state index contributed by atoms with van der Waals surface area (Å²) in [5.74, 6) is -0.775. The first kappa shape index (κ1) is 19.8. The Balaban J connectivity index is 1.94. The summed E-state index contributed by atoms with van der Waals surface area (Å²) in [5, 5.41) is 9.09. The van der Waals surface area contributed by atoms with Gasteiger partial charge in [-0.15, -0.1) is 0 Å². The molecule has 0 spiro atoms. The number of thioether (sulfide) groups is 1. The minimum Gasteiger partial charge on any atom is -0.484 e. The Hall–Kier alpha value is -2.95. The lowest BCUT2D eigenvalue weighted by atomic mass is 10.3. The summed E-state index contributed by atoms with van der Waals surface area (Å²) >= 11 is 1.10. The zero-order valence-corrected chi connectivity index (χ0v) is 15.0. The van der Waals surface area contributed by atoms with Crippen molar-refractivity contribution in [2.75, 3.05) is 12.4 Å². The molecule has 0 bridgehead atoms. The SMILES string of the molecule is O=C(O)CCSc1nc2cc[nH]c2c(=O)n1-c1ccc(OCC(F)(F)F)cc1. The highest BCUT2D eigenvalue weighted by atomic mass is 32.2. The van der Waals surface area contributed by atoms with Crippen molar-refractivity contribution in [3.8, 4) is 11.4 Å². The molecule has 148 valence electrons. The van der Waals surface area contributed by atoms with Crippen molar-refractivity contribution in [3.63, 3.8) is 0 Å². The van der Waals surface area contributed by atoms with Gasteiger partial charge in [0, 0.05) is 11.9 Å². The maximum Gasteiger partial charge on any atom is 0.422 e. The molecule has 2 heterocycles. The van der Waals surface area contributed by atoms with Crippen molar-refractivity contribution in [2.45, 2.75) is 17.8 Å². The van der Waals surface area contributed by atoms with Gasteiger partial charge in [-0.1, -0.05) is 11.8 Å². The Labute approximate surface area is 160 Å². The summed E-state index contributed by atoms with van der Waals surface area (Å²) in [6.45, 7) is -1.42. The number of nitrogens with zero attached hydrogens (tertiary/aromatic N) is 2. The Morgan fingerprint density at radius 3 is 2.61 bits per heavy atom. The molecule has 0 aliphatic carbocycles. The van der Waals surface area contributed by atoms with Crippen LogP contribution in [0.15, 0.2) is 46.5 Å². The lowest BCUT2D eigenvalue weighted by Crippen LogP contribution is -2.22. The highest BCUT2D eigenvalue weighted by Crippen LogP contribution is 2.24. The van der Waals surface area contributed by atoms with Crippen molar-refractivity contribution >= 4 is 28.8 Å². The molecule has 2 aromatic heterocycles. The minimum atomic E-state index is -4.45. The molecule has 28 heavy (non-hydrogen) atoms. The third kappa shape index (κ3) is 4.66. The molecule has 3 aromatic rings. The van der Waals surface area contributed by atoms with Gasteiger partial charge in [-0.3, -0.25) is 14.2 Å². The zero-order valence-electron chi connectivity index (χ0n) is 14.2. The fourth-order valence-electron chi connectivity index (χ4n) is 2.39. The molecule has 11 heteroatoms. The molecule has 0 atom stereocenters. The Morgan fingerprint density at radius 1 is 1.25 bits per heavy atom. The van der Waals surface area contributed by atoms with E-state index in [1.807, 2.05) is 0 Å². The highest BCUT2D eigenvalue weighted by molar-refractivity contribution is 7.99. The third-order valence-electron chi connectivity index (χ3n) is 3.59. The van der Waals surface area contributed by atoms with E-state index in [0.717, 1.165) is 11.8 Å². The number of nitrogens with one attached hydrogen (secondary N) is 1. The molecule has 0 aliphatic rings. The van der Waals surface area contributed by atoms with Crippen LogP contribution in [-0.4, -0.2) is 44.1 Å². The van der Waals surface area contributed by atoms with Crippen LogP contribution in [-0.2, 0) is 4.79 Å². The van der Waals surface area contributed by atoms with Gasteiger partial charge in [-0.25, -0.2) is 4.98 Å². The van der Waals surface area contributed by atoms with Crippen molar-refractivity contribution in [1.29, 1.82) is 0 Å². The van der Waals surface area contributed by atoms with Gasteiger partial charge < -0.3 is 14.8 Å². The predicted molar refractivity (Wildman–Crippen MR) is 96.2 cm³/mol. The van der Waals surface area contributed by atoms with Gasteiger partial charge >= 0.3 is 12.1 Å². The zero-order chi connectivity index (χ0) is 20.3. The van der Waals surface area contributed by atoms with E-state index < -0.39 is 24.3 Å². The molecule has 0 saturated carbocycles. The number of carboxylic acid groups (broad SMARTS) is 1. The number of aliphatic carboxylic acids is 1. The first-order chi connectivity index (χ1) is 13.2. The average molecular weight is 413 g/mol.